The van der Waals surface area contributed by atoms with Crippen LogP contribution in [0.1, 0.15) is 18.4 Å². The molecular formula is C10H11ClN2. The second-order valence-electron chi connectivity index (χ2n) is 3.41. The standard InChI is InChI=1S/C10H11ClN2/c1-12-7-10(4-5-10)8-2-3-9(11)13-6-8/h2-3,6-7H,4-5H2,1H3/b12-7+. The molecule has 1 fully saturated rings. The van der Waals surface area contributed by atoms with Gasteiger partial charge in [-0.05, 0) is 24.5 Å². The minimum absolute atomic E-state index is 0.173. The van der Waals surface area contributed by atoms with E-state index < -0.39 is 0 Å². The second kappa shape index (κ2) is 3.11. The Balaban J connectivity index is 2.30. The van der Waals surface area contributed by atoms with E-state index in [9.17, 15) is 0 Å². The molecule has 13 heavy (non-hydrogen) atoms. The van der Waals surface area contributed by atoms with Gasteiger partial charge in [0.15, 0.2) is 0 Å². The third kappa shape index (κ3) is 1.59. The van der Waals surface area contributed by atoms with Crippen molar-refractivity contribution >= 4 is 17.8 Å². The van der Waals surface area contributed by atoms with Crippen LogP contribution < -0.4 is 0 Å². The van der Waals surface area contributed by atoms with E-state index in [4.69, 9.17) is 11.6 Å². The fourth-order valence-corrected chi connectivity index (χ4v) is 1.66. The van der Waals surface area contributed by atoms with Crippen molar-refractivity contribution in [1.29, 1.82) is 0 Å². The van der Waals surface area contributed by atoms with Crippen LogP contribution in [0.2, 0.25) is 5.15 Å². The molecule has 1 aromatic rings. The Bertz CT molecular complexity index is 325. The summed E-state index contributed by atoms with van der Waals surface area (Å²) in [6, 6.07) is 3.87. The Morgan fingerprint density at radius 2 is 2.31 bits per heavy atom. The number of halogens is 1. The molecule has 0 aromatic carbocycles. The lowest BCUT2D eigenvalue weighted by molar-refractivity contribution is 0.953. The minimum Gasteiger partial charge on any atom is -0.300 e. The highest BCUT2D eigenvalue weighted by atomic mass is 35.5. The van der Waals surface area contributed by atoms with Gasteiger partial charge in [-0.2, -0.15) is 0 Å². The lowest BCUT2D eigenvalue weighted by Gasteiger charge is -2.07. The van der Waals surface area contributed by atoms with Gasteiger partial charge in [0.1, 0.15) is 5.15 Å². The molecule has 1 heterocycles. The average Bonchev–Trinajstić information content (AvgIpc) is 2.87. The van der Waals surface area contributed by atoms with Crippen molar-refractivity contribution in [2.24, 2.45) is 4.99 Å². The summed E-state index contributed by atoms with van der Waals surface area (Å²) in [7, 11) is 1.81. The number of hydrogen-bond acceptors (Lipinski definition) is 2. The van der Waals surface area contributed by atoms with Crippen molar-refractivity contribution in [1.82, 2.24) is 4.98 Å². The summed E-state index contributed by atoms with van der Waals surface area (Å²) in [5.74, 6) is 0. The van der Waals surface area contributed by atoms with Crippen LogP contribution in [0.25, 0.3) is 0 Å². The third-order valence-electron chi connectivity index (χ3n) is 2.47. The van der Waals surface area contributed by atoms with Gasteiger partial charge in [0.2, 0.25) is 0 Å². The fraction of sp³-hybridized carbons (Fsp3) is 0.400. The highest BCUT2D eigenvalue weighted by molar-refractivity contribution is 6.29. The highest BCUT2D eigenvalue weighted by Crippen LogP contribution is 2.46. The summed E-state index contributed by atoms with van der Waals surface area (Å²) in [5, 5.41) is 0.549. The van der Waals surface area contributed by atoms with E-state index in [0.717, 1.165) is 0 Å². The summed E-state index contributed by atoms with van der Waals surface area (Å²) < 4.78 is 0. The monoisotopic (exact) mass is 194 g/mol. The van der Waals surface area contributed by atoms with Gasteiger partial charge >= 0.3 is 0 Å². The molecule has 0 bridgehead atoms. The maximum Gasteiger partial charge on any atom is 0.129 e. The van der Waals surface area contributed by atoms with Crippen LogP contribution >= 0.6 is 11.6 Å². The molecule has 1 aliphatic carbocycles. The van der Waals surface area contributed by atoms with Gasteiger partial charge in [-0.3, -0.25) is 4.99 Å². The largest absolute Gasteiger partial charge is 0.300 e. The number of hydrogen-bond donors (Lipinski definition) is 0. The van der Waals surface area contributed by atoms with Crippen molar-refractivity contribution in [3.8, 4) is 0 Å². The maximum absolute atomic E-state index is 5.71. The van der Waals surface area contributed by atoms with Crippen LogP contribution in [-0.2, 0) is 5.41 Å². The van der Waals surface area contributed by atoms with Gasteiger partial charge in [-0.1, -0.05) is 17.7 Å². The first-order valence-corrected chi connectivity index (χ1v) is 4.70. The van der Waals surface area contributed by atoms with E-state index in [0.29, 0.717) is 5.15 Å². The molecule has 3 heteroatoms. The van der Waals surface area contributed by atoms with Gasteiger partial charge in [-0.25, -0.2) is 4.98 Å². The maximum atomic E-state index is 5.71. The highest BCUT2D eigenvalue weighted by Gasteiger charge is 2.42. The molecule has 1 aliphatic rings. The summed E-state index contributed by atoms with van der Waals surface area (Å²) in [6.45, 7) is 0. The number of pyridine rings is 1. The molecule has 0 radical (unpaired) electrons. The van der Waals surface area contributed by atoms with E-state index in [1.165, 1.54) is 18.4 Å². The molecule has 0 aliphatic heterocycles. The summed E-state index contributed by atoms with van der Waals surface area (Å²) in [4.78, 5) is 8.15. The zero-order valence-electron chi connectivity index (χ0n) is 7.50. The van der Waals surface area contributed by atoms with Crippen molar-refractivity contribution in [3.63, 3.8) is 0 Å². The minimum atomic E-state index is 0.173. The second-order valence-corrected chi connectivity index (χ2v) is 3.80. The van der Waals surface area contributed by atoms with Crippen LogP contribution in [-0.4, -0.2) is 18.2 Å². The van der Waals surface area contributed by atoms with E-state index >= 15 is 0 Å². The van der Waals surface area contributed by atoms with E-state index in [1.54, 1.807) is 0 Å². The number of rotatable bonds is 2. The Hall–Kier alpha value is -0.890. The Kier molecular flexibility index (Phi) is 2.08. The fourth-order valence-electron chi connectivity index (χ4n) is 1.54. The number of aliphatic imine (C=N–C) groups is 1. The SMILES string of the molecule is C/N=C/C1(c2ccc(Cl)nc2)CC1. The molecule has 68 valence electrons. The summed E-state index contributed by atoms with van der Waals surface area (Å²) >= 11 is 5.71. The molecule has 0 amide bonds. The lowest BCUT2D eigenvalue weighted by atomic mass is 10.00. The molecule has 2 rings (SSSR count). The normalized spacial score (nSPS) is 19.2. The molecule has 0 saturated heterocycles. The van der Waals surface area contributed by atoms with Crippen LogP contribution in [0.3, 0.4) is 0 Å². The topological polar surface area (TPSA) is 25.2 Å². The zero-order valence-corrected chi connectivity index (χ0v) is 8.25. The van der Waals surface area contributed by atoms with E-state index in [2.05, 4.69) is 9.98 Å². The number of nitrogens with zero attached hydrogens (tertiary/aromatic N) is 2. The first-order chi connectivity index (χ1) is 6.27. The predicted molar refractivity (Wildman–Crippen MR) is 54.6 cm³/mol. The van der Waals surface area contributed by atoms with Crippen LogP contribution in [0.4, 0.5) is 0 Å². The zero-order chi connectivity index (χ0) is 9.31. The lowest BCUT2D eigenvalue weighted by Crippen LogP contribution is -2.08. The first-order valence-electron chi connectivity index (χ1n) is 4.32. The van der Waals surface area contributed by atoms with Crippen molar-refractivity contribution in [3.05, 3.63) is 29.0 Å². The predicted octanol–water partition coefficient (Wildman–Crippen LogP) is 2.47. The average molecular weight is 195 g/mol. The third-order valence-corrected chi connectivity index (χ3v) is 2.69. The molecule has 0 atom stereocenters. The van der Waals surface area contributed by atoms with Crippen molar-refractivity contribution < 1.29 is 0 Å². The van der Waals surface area contributed by atoms with Crippen LogP contribution in [0.5, 0.6) is 0 Å². The Labute approximate surface area is 82.7 Å². The Morgan fingerprint density at radius 3 is 2.77 bits per heavy atom. The van der Waals surface area contributed by atoms with Crippen molar-refractivity contribution in [2.75, 3.05) is 7.05 Å². The molecule has 1 saturated carbocycles. The quantitative estimate of drug-likeness (QED) is 0.525. The molecular weight excluding hydrogens is 184 g/mol. The van der Waals surface area contributed by atoms with Gasteiger partial charge in [0.25, 0.3) is 0 Å². The summed E-state index contributed by atoms with van der Waals surface area (Å²) in [5.41, 5.74) is 1.40. The van der Waals surface area contributed by atoms with Crippen LogP contribution in [0.15, 0.2) is 23.3 Å². The smallest absolute Gasteiger partial charge is 0.129 e. The summed E-state index contributed by atoms with van der Waals surface area (Å²) in [6.07, 6.45) is 6.20. The van der Waals surface area contributed by atoms with Gasteiger partial charge in [0.05, 0.1) is 0 Å². The van der Waals surface area contributed by atoms with E-state index in [-0.39, 0.29) is 5.41 Å². The molecule has 0 spiro atoms. The van der Waals surface area contributed by atoms with Crippen LogP contribution in [0, 0.1) is 0 Å². The molecule has 2 nitrogen and oxygen atoms in total. The van der Waals surface area contributed by atoms with Crippen molar-refractivity contribution in [2.45, 2.75) is 18.3 Å². The van der Waals surface area contributed by atoms with Gasteiger partial charge in [-0.15, -0.1) is 0 Å². The molecule has 0 unspecified atom stereocenters. The van der Waals surface area contributed by atoms with E-state index in [1.807, 2.05) is 31.6 Å². The Morgan fingerprint density at radius 1 is 1.54 bits per heavy atom. The number of aromatic nitrogens is 1. The molecule has 0 N–H and O–H groups in total. The first kappa shape index (κ1) is 8.70. The molecule has 1 aromatic heterocycles. The van der Waals surface area contributed by atoms with Gasteiger partial charge in [0, 0.05) is 24.9 Å². The van der Waals surface area contributed by atoms with Gasteiger partial charge < -0.3 is 0 Å².